The first kappa shape index (κ1) is 16.6. The number of rotatable bonds is 4. The molecule has 2 atom stereocenters. The summed E-state index contributed by atoms with van der Waals surface area (Å²) in [4.78, 5) is 25.0. The Morgan fingerprint density at radius 1 is 1.27 bits per heavy atom. The number of aryl methyl sites for hydroxylation is 1. The average molecular weight is 355 g/mol. The zero-order chi connectivity index (χ0) is 18.1. The van der Waals surface area contributed by atoms with Crippen molar-refractivity contribution in [2.24, 2.45) is 13.0 Å². The minimum atomic E-state index is -0.612. The second kappa shape index (κ2) is 6.80. The van der Waals surface area contributed by atoms with Crippen LogP contribution in [0.2, 0.25) is 0 Å². The Balaban J connectivity index is 1.48. The van der Waals surface area contributed by atoms with Crippen molar-refractivity contribution in [1.29, 1.82) is 0 Å². The van der Waals surface area contributed by atoms with Gasteiger partial charge in [-0.05, 0) is 12.5 Å². The van der Waals surface area contributed by atoms with Crippen LogP contribution >= 0.6 is 0 Å². The molecule has 2 aromatic heterocycles. The Kier molecular flexibility index (Phi) is 4.34. The van der Waals surface area contributed by atoms with E-state index in [9.17, 15) is 9.18 Å². The smallest absolute Gasteiger partial charge is 0.254 e. The number of hydrogen-bond donors (Lipinski definition) is 1. The summed E-state index contributed by atoms with van der Waals surface area (Å²) in [5.41, 5.74) is 0.861. The van der Waals surface area contributed by atoms with Crippen molar-refractivity contribution in [2.45, 2.75) is 12.5 Å². The van der Waals surface area contributed by atoms with Gasteiger partial charge in [0.1, 0.15) is 17.7 Å². The Morgan fingerprint density at radius 2 is 2.04 bits per heavy atom. The predicted molar refractivity (Wildman–Crippen MR) is 91.8 cm³/mol. The molecule has 3 aromatic rings. The molecule has 26 heavy (non-hydrogen) atoms. The molecule has 0 bridgehead atoms. The molecule has 1 aromatic carbocycles. The van der Waals surface area contributed by atoms with E-state index in [-0.39, 0.29) is 17.6 Å². The number of aromatic nitrogens is 4. The van der Waals surface area contributed by atoms with Gasteiger partial charge >= 0.3 is 0 Å². The number of carbonyl (C=O) groups is 1. The number of nitrogens with zero attached hydrogens (tertiary/aromatic N) is 4. The van der Waals surface area contributed by atoms with E-state index < -0.39 is 11.7 Å². The molecule has 4 rings (SSSR count). The van der Waals surface area contributed by atoms with E-state index in [0.717, 1.165) is 12.2 Å². The molecule has 1 amide bonds. The van der Waals surface area contributed by atoms with Gasteiger partial charge in [0, 0.05) is 57.0 Å². The van der Waals surface area contributed by atoms with Crippen LogP contribution in [0.3, 0.4) is 0 Å². The fourth-order valence-corrected chi connectivity index (χ4v) is 3.26. The Bertz CT molecular complexity index is 958. The summed E-state index contributed by atoms with van der Waals surface area (Å²) in [6, 6.07) is 2.65. The van der Waals surface area contributed by atoms with Crippen LogP contribution in [-0.2, 0) is 11.8 Å². The van der Waals surface area contributed by atoms with Crippen LogP contribution in [-0.4, -0.2) is 38.6 Å². The van der Waals surface area contributed by atoms with Gasteiger partial charge in [0.15, 0.2) is 0 Å². The minimum absolute atomic E-state index is 0.0366. The van der Waals surface area contributed by atoms with Crippen LogP contribution in [0.5, 0.6) is 0 Å². The van der Waals surface area contributed by atoms with Gasteiger partial charge in [-0.2, -0.15) is 0 Å². The summed E-state index contributed by atoms with van der Waals surface area (Å²) in [5, 5.41) is 2.81. The first-order chi connectivity index (χ1) is 12.6. The molecule has 1 fully saturated rings. The average Bonchev–Trinajstić information content (AvgIpc) is 3.27. The van der Waals surface area contributed by atoms with Crippen molar-refractivity contribution in [3.63, 3.8) is 0 Å². The predicted octanol–water partition coefficient (Wildman–Crippen LogP) is 2.01. The van der Waals surface area contributed by atoms with Crippen molar-refractivity contribution in [3.05, 3.63) is 54.1 Å². The highest BCUT2D eigenvalue weighted by molar-refractivity contribution is 5.97. The van der Waals surface area contributed by atoms with Gasteiger partial charge in [0.2, 0.25) is 0 Å². The zero-order valence-electron chi connectivity index (χ0n) is 14.2. The van der Waals surface area contributed by atoms with Gasteiger partial charge in [-0.25, -0.2) is 9.37 Å². The normalized spacial score (nSPS) is 19.8. The molecular formula is C18H18FN5O2. The van der Waals surface area contributed by atoms with Crippen LogP contribution in [0.15, 0.2) is 36.9 Å². The van der Waals surface area contributed by atoms with Crippen molar-refractivity contribution in [3.8, 4) is 0 Å². The van der Waals surface area contributed by atoms with Crippen molar-refractivity contribution in [2.75, 3.05) is 13.2 Å². The van der Waals surface area contributed by atoms with Crippen molar-refractivity contribution < 1.29 is 13.9 Å². The SMILES string of the molecule is Cn1ccnc1[C@@H]1OCC[C@H]1CNC(=O)c1cc2nccnc2cc1F. The molecule has 0 aliphatic carbocycles. The lowest BCUT2D eigenvalue weighted by Gasteiger charge is -2.19. The number of benzene rings is 1. The van der Waals surface area contributed by atoms with Crippen LogP contribution < -0.4 is 5.32 Å². The number of carbonyl (C=O) groups excluding carboxylic acids is 1. The van der Waals surface area contributed by atoms with E-state index in [1.54, 1.807) is 6.20 Å². The number of nitrogens with one attached hydrogen (secondary N) is 1. The molecule has 0 saturated carbocycles. The van der Waals surface area contributed by atoms with Crippen LogP contribution in [0.1, 0.15) is 28.7 Å². The third-order valence-electron chi connectivity index (χ3n) is 4.65. The second-order valence-electron chi connectivity index (χ2n) is 6.32. The Hall–Kier alpha value is -2.87. The highest BCUT2D eigenvalue weighted by Crippen LogP contribution is 2.33. The van der Waals surface area contributed by atoms with Gasteiger partial charge in [-0.15, -0.1) is 0 Å². The fraction of sp³-hybridized carbons (Fsp3) is 0.333. The lowest BCUT2D eigenvalue weighted by molar-refractivity contribution is 0.0779. The molecule has 1 aliphatic heterocycles. The largest absolute Gasteiger partial charge is 0.370 e. The molecule has 0 spiro atoms. The van der Waals surface area contributed by atoms with E-state index in [1.165, 1.54) is 24.5 Å². The Labute approximate surface area is 149 Å². The van der Waals surface area contributed by atoms with Gasteiger partial charge in [0.05, 0.1) is 16.6 Å². The first-order valence-electron chi connectivity index (χ1n) is 8.41. The van der Waals surface area contributed by atoms with E-state index in [2.05, 4.69) is 20.3 Å². The Morgan fingerprint density at radius 3 is 2.77 bits per heavy atom. The lowest BCUT2D eigenvalue weighted by Crippen LogP contribution is -2.31. The molecule has 134 valence electrons. The number of hydrogen-bond acceptors (Lipinski definition) is 5. The molecule has 7 nitrogen and oxygen atoms in total. The maximum absolute atomic E-state index is 14.3. The minimum Gasteiger partial charge on any atom is -0.370 e. The number of imidazole rings is 1. The molecule has 1 saturated heterocycles. The topological polar surface area (TPSA) is 81.9 Å². The number of ether oxygens (including phenoxy) is 1. The summed E-state index contributed by atoms with van der Waals surface area (Å²) in [7, 11) is 1.91. The molecule has 1 aliphatic rings. The summed E-state index contributed by atoms with van der Waals surface area (Å²) in [5.74, 6) is -0.170. The van der Waals surface area contributed by atoms with Crippen LogP contribution in [0, 0.1) is 11.7 Å². The van der Waals surface area contributed by atoms with Crippen LogP contribution in [0.25, 0.3) is 11.0 Å². The highest BCUT2D eigenvalue weighted by atomic mass is 19.1. The molecule has 3 heterocycles. The monoisotopic (exact) mass is 355 g/mol. The summed E-state index contributed by atoms with van der Waals surface area (Å²) >= 11 is 0. The van der Waals surface area contributed by atoms with E-state index >= 15 is 0 Å². The molecule has 8 heteroatoms. The molecule has 0 radical (unpaired) electrons. The second-order valence-corrected chi connectivity index (χ2v) is 6.32. The van der Waals surface area contributed by atoms with Gasteiger partial charge < -0.3 is 14.6 Å². The van der Waals surface area contributed by atoms with Crippen LogP contribution in [0.4, 0.5) is 4.39 Å². The summed E-state index contributed by atoms with van der Waals surface area (Å²) in [6.45, 7) is 0.992. The van der Waals surface area contributed by atoms with E-state index in [4.69, 9.17) is 4.74 Å². The summed E-state index contributed by atoms with van der Waals surface area (Å²) in [6.07, 6.45) is 7.21. The maximum atomic E-state index is 14.3. The van der Waals surface area contributed by atoms with Gasteiger partial charge in [-0.3, -0.25) is 14.8 Å². The van der Waals surface area contributed by atoms with Crippen molar-refractivity contribution >= 4 is 16.9 Å². The quantitative estimate of drug-likeness (QED) is 0.774. The molecule has 0 unspecified atom stereocenters. The maximum Gasteiger partial charge on any atom is 0.254 e. The van der Waals surface area contributed by atoms with E-state index in [1.807, 2.05) is 17.8 Å². The van der Waals surface area contributed by atoms with Crippen molar-refractivity contribution in [1.82, 2.24) is 24.8 Å². The first-order valence-corrected chi connectivity index (χ1v) is 8.41. The summed E-state index contributed by atoms with van der Waals surface area (Å²) < 4.78 is 21.9. The fourth-order valence-electron chi connectivity index (χ4n) is 3.26. The number of halogens is 1. The number of amides is 1. The van der Waals surface area contributed by atoms with Gasteiger partial charge in [0.25, 0.3) is 5.91 Å². The highest BCUT2D eigenvalue weighted by Gasteiger charge is 2.32. The zero-order valence-corrected chi connectivity index (χ0v) is 14.2. The standard InChI is InChI=1S/C18H18FN5O2/c1-24-6-5-22-17(24)16-11(2-7-26-16)10-23-18(25)12-8-14-15(9-13(12)19)21-4-3-20-14/h3-6,8-9,11,16H,2,7,10H2,1H3,(H,23,25)/t11-,16+/m0/s1. The molecular weight excluding hydrogens is 337 g/mol. The molecule has 1 N–H and O–H groups in total. The third-order valence-corrected chi connectivity index (χ3v) is 4.65. The lowest BCUT2D eigenvalue weighted by atomic mass is 10.0. The van der Waals surface area contributed by atoms with E-state index in [0.29, 0.717) is 24.2 Å². The van der Waals surface area contributed by atoms with Gasteiger partial charge in [-0.1, -0.05) is 0 Å². The number of fused-ring (bicyclic) bond motifs is 1. The third kappa shape index (κ3) is 3.03.